The molecule has 2 heterocycles. The first-order valence-corrected chi connectivity index (χ1v) is 11.7. The van der Waals surface area contributed by atoms with Gasteiger partial charge in [-0.15, -0.1) is 21.5 Å². The van der Waals surface area contributed by atoms with Gasteiger partial charge in [-0.1, -0.05) is 71.1 Å². The molecular formula is C22H14ClN3OS3. The van der Waals surface area contributed by atoms with Crippen molar-refractivity contribution in [1.82, 2.24) is 10.2 Å². The number of hydrogen-bond acceptors (Lipinski definition) is 7. The molecular weight excluding hydrogens is 454 g/mol. The van der Waals surface area contributed by atoms with E-state index in [2.05, 4.69) is 15.2 Å². The Bertz CT molecular complexity index is 1200. The Morgan fingerprint density at radius 3 is 2.63 bits per heavy atom. The van der Waals surface area contributed by atoms with Crippen LogP contribution >= 0.6 is 46.0 Å². The molecule has 0 aliphatic carbocycles. The lowest BCUT2D eigenvalue weighted by atomic mass is 10.1. The number of allylic oxidation sites excluding steroid dienone is 1. The first-order valence-electron chi connectivity index (χ1n) is 8.83. The van der Waals surface area contributed by atoms with E-state index in [1.54, 1.807) is 47.9 Å². The van der Waals surface area contributed by atoms with Crippen LogP contribution in [0.5, 0.6) is 0 Å². The summed E-state index contributed by atoms with van der Waals surface area (Å²) in [7, 11) is 0. The van der Waals surface area contributed by atoms with Crippen molar-refractivity contribution >= 4 is 69.2 Å². The molecule has 0 aliphatic rings. The lowest BCUT2D eigenvalue weighted by Gasteiger charge is -2.00. The molecule has 0 amide bonds. The molecule has 30 heavy (non-hydrogen) atoms. The van der Waals surface area contributed by atoms with Gasteiger partial charge in [0.05, 0.1) is 5.02 Å². The molecule has 4 rings (SSSR count). The van der Waals surface area contributed by atoms with E-state index < -0.39 is 0 Å². The number of carbonyl (C=O) groups is 1. The van der Waals surface area contributed by atoms with Gasteiger partial charge in [-0.2, -0.15) is 0 Å². The van der Waals surface area contributed by atoms with E-state index in [1.165, 1.54) is 29.2 Å². The van der Waals surface area contributed by atoms with Crippen LogP contribution in [-0.2, 0) is 0 Å². The van der Waals surface area contributed by atoms with Crippen molar-refractivity contribution < 1.29 is 4.79 Å². The molecule has 0 atom stereocenters. The molecule has 0 fully saturated rings. The molecule has 0 saturated carbocycles. The summed E-state index contributed by atoms with van der Waals surface area (Å²) in [5, 5.41) is 11.4. The fourth-order valence-electron chi connectivity index (χ4n) is 2.45. The maximum Gasteiger partial charge on any atom is 0.232 e. The predicted molar refractivity (Wildman–Crippen MR) is 127 cm³/mol. The van der Waals surface area contributed by atoms with Gasteiger partial charge in [0.1, 0.15) is 0 Å². The lowest BCUT2D eigenvalue weighted by Crippen LogP contribution is -1.94. The number of aromatic nitrogens is 2. The standard InChI is InChI=1S/C22H14ClN3OS3/c23-19-6-2-1-5-18(19)20(27)12-9-15-7-10-16(11-8-15)29-22-26-25-21(30-22)24-14-17-4-3-13-28-17/h1-14H. The summed E-state index contributed by atoms with van der Waals surface area (Å²) in [6.45, 7) is 0. The quantitative estimate of drug-likeness (QED) is 0.166. The minimum atomic E-state index is -0.122. The van der Waals surface area contributed by atoms with Gasteiger partial charge in [0.25, 0.3) is 0 Å². The number of carbonyl (C=O) groups excluding carboxylic acids is 1. The Hall–Kier alpha value is -2.58. The third-order valence-electron chi connectivity index (χ3n) is 3.89. The van der Waals surface area contributed by atoms with Gasteiger partial charge in [0, 0.05) is 21.6 Å². The predicted octanol–water partition coefficient (Wildman–Crippen LogP) is 7.05. The van der Waals surface area contributed by atoms with Crippen molar-refractivity contribution in [3.8, 4) is 0 Å². The van der Waals surface area contributed by atoms with Gasteiger partial charge in [0.15, 0.2) is 10.1 Å². The fourth-order valence-corrected chi connectivity index (χ4v) is 4.92. The largest absolute Gasteiger partial charge is 0.289 e. The van der Waals surface area contributed by atoms with Gasteiger partial charge in [-0.05, 0) is 47.4 Å². The van der Waals surface area contributed by atoms with E-state index in [0.29, 0.717) is 15.7 Å². The average molecular weight is 468 g/mol. The van der Waals surface area contributed by atoms with E-state index in [0.717, 1.165) is 19.7 Å². The van der Waals surface area contributed by atoms with E-state index in [1.807, 2.05) is 41.8 Å². The van der Waals surface area contributed by atoms with Crippen LogP contribution in [0.2, 0.25) is 5.02 Å². The second-order valence-electron chi connectivity index (χ2n) is 5.97. The Kier molecular flexibility index (Phi) is 6.86. The molecule has 8 heteroatoms. The smallest absolute Gasteiger partial charge is 0.232 e. The molecule has 148 valence electrons. The number of rotatable bonds is 7. The maximum absolute atomic E-state index is 12.3. The summed E-state index contributed by atoms with van der Waals surface area (Å²) in [5.41, 5.74) is 1.43. The molecule has 0 spiro atoms. The maximum atomic E-state index is 12.3. The van der Waals surface area contributed by atoms with Crippen molar-refractivity contribution in [2.75, 3.05) is 0 Å². The molecule has 4 aromatic rings. The van der Waals surface area contributed by atoms with Gasteiger partial charge in [-0.3, -0.25) is 4.79 Å². The lowest BCUT2D eigenvalue weighted by molar-refractivity contribution is 0.104. The van der Waals surface area contributed by atoms with Crippen LogP contribution < -0.4 is 0 Å². The monoisotopic (exact) mass is 467 g/mol. The van der Waals surface area contributed by atoms with Gasteiger partial charge >= 0.3 is 0 Å². The molecule has 0 N–H and O–H groups in total. The van der Waals surface area contributed by atoms with E-state index >= 15 is 0 Å². The molecule has 2 aromatic heterocycles. The Morgan fingerprint density at radius 2 is 1.87 bits per heavy atom. The molecule has 0 saturated heterocycles. The third kappa shape index (κ3) is 5.52. The van der Waals surface area contributed by atoms with Gasteiger partial charge in [0.2, 0.25) is 5.13 Å². The van der Waals surface area contributed by atoms with Crippen LogP contribution in [-0.4, -0.2) is 22.2 Å². The van der Waals surface area contributed by atoms with Crippen LogP contribution in [0.3, 0.4) is 0 Å². The first kappa shape index (κ1) is 20.7. The Morgan fingerprint density at radius 1 is 1.03 bits per heavy atom. The summed E-state index contributed by atoms with van der Waals surface area (Å²) in [6.07, 6.45) is 5.11. The molecule has 2 aromatic carbocycles. The number of aliphatic imine (C=N–C) groups is 1. The average Bonchev–Trinajstić information content (AvgIpc) is 3.44. The van der Waals surface area contributed by atoms with Crippen molar-refractivity contribution in [3.05, 3.63) is 93.1 Å². The zero-order chi connectivity index (χ0) is 20.8. The zero-order valence-corrected chi connectivity index (χ0v) is 18.6. The number of benzene rings is 2. The summed E-state index contributed by atoms with van der Waals surface area (Å²) in [4.78, 5) is 18.8. The highest BCUT2D eigenvalue weighted by molar-refractivity contribution is 8.01. The number of nitrogens with zero attached hydrogens (tertiary/aromatic N) is 3. The summed E-state index contributed by atoms with van der Waals surface area (Å²) >= 11 is 10.7. The highest BCUT2D eigenvalue weighted by Gasteiger charge is 2.07. The minimum absolute atomic E-state index is 0.122. The SMILES string of the molecule is O=C(C=Cc1ccc(Sc2nnc(N=Cc3cccs3)s2)cc1)c1ccccc1Cl. The third-order valence-corrected chi connectivity index (χ3v) is 6.92. The van der Waals surface area contributed by atoms with Crippen LogP contribution in [0.4, 0.5) is 5.13 Å². The molecule has 0 aliphatic heterocycles. The van der Waals surface area contributed by atoms with Gasteiger partial charge in [-0.25, -0.2) is 4.99 Å². The molecule has 0 unspecified atom stereocenters. The number of ketones is 1. The molecule has 4 nitrogen and oxygen atoms in total. The highest BCUT2D eigenvalue weighted by atomic mass is 35.5. The van der Waals surface area contributed by atoms with Crippen molar-refractivity contribution in [3.63, 3.8) is 0 Å². The highest BCUT2D eigenvalue weighted by Crippen LogP contribution is 2.33. The van der Waals surface area contributed by atoms with Crippen LogP contribution in [0.15, 0.2) is 86.3 Å². The van der Waals surface area contributed by atoms with E-state index in [4.69, 9.17) is 11.6 Å². The van der Waals surface area contributed by atoms with Crippen LogP contribution in [0.25, 0.3) is 6.08 Å². The number of hydrogen-bond donors (Lipinski definition) is 0. The van der Waals surface area contributed by atoms with Crippen molar-refractivity contribution in [2.24, 2.45) is 4.99 Å². The number of halogens is 1. The van der Waals surface area contributed by atoms with E-state index in [-0.39, 0.29) is 5.78 Å². The van der Waals surface area contributed by atoms with Gasteiger partial charge < -0.3 is 0 Å². The molecule has 0 radical (unpaired) electrons. The van der Waals surface area contributed by atoms with E-state index in [9.17, 15) is 4.79 Å². The molecule has 0 bridgehead atoms. The fraction of sp³-hybridized carbons (Fsp3) is 0. The van der Waals surface area contributed by atoms with Crippen LogP contribution in [0, 0.1) is 0 Å². The number of thiophene rings is 1. The first-order chi connectivity index (χ1) is 14.7. The summed E-state index contributed by atoms with van der Waals surface area (Å²) in [6, 6.07) is 18.9. The minimum Gasteiger partial charge on any atom is -0.289 e. The summed E-state index contributed by atoms with van der Waals surface area (Å²) in [5.74, 6) is -0.122. The second kappa shape index (κ2) is 9.95. The normalized spacial score (nSPS) is 11.5. The zero-order valence-electron chi connectivity index (χ0n) is 15.4. The Labute approximate surface area is 191 Å². The van der Waals surface area contributed by atoms with Crippen molar-refractivity contribution in [1.29, 1.82) is 0 Å². The van der Waals surface area contributed by atoms with Crippen LogP contribution in [0.1, 0.15) is 20.8 Å². The Balaban J connectivity index is 1.37. The second-order valence-corrected chi connectivity index (χ2v) is 9.64. The summed E-state index contributed by atoms with van der Waals surface area (Å²) < 4.78 is 0.825. The van der Waals surface area contributed by atoms with Crippen molar-refractivity contribution in [2.45, 2.75) is 9.24 Å². The topological polar surface area (TPSA) is 55.2 Å².